The molecule has 2 aromatic rings. The summed E-state index contributed by atoms with van der Waals surface area (Å²) in [6, 6.07) is 7.51. The zero-order valence-electron chi connectivity index (χ0n) is 11.7. The number of nitrogens with two attached hydrogens (primary N) is 1. The van der Waals surface area contributed by atoms with Crippen molar-refractivity contribution in [1.29, 1.82) is 5.26 Å². The molecular weight excluding hydrogens is 266 g/mol. The molecule has 6 heteroatoms. The van der Waals surface area contributed by atoms with Crippen LogP contribution in [0.25, 0.3) is 11.0 Å². The molecule has 6 nitrogen and oxygen atoms in total. The van der Waals surface area contributed by atoms with E-state index in [9.17, 15) is 4.79 Å². The summed E-state index contributed by atoms with van der Waals surface area (Å²) >= 11 is 0. The number of benzene rings is 1. The minimum Gasteiger partial charge on any atom is -0.369 e. The molecule has 21 heavy (non-hydrogen) atoms. The summed E-state index contributed by atoms with van der Waals surface area (Å²) in [6.45, 7) is 2.21. The van der Waals surface area contributed by atoms with Crippen LogP contribution >= 0.6 is 0 Å². The van der Waals surface area contributed by atoms with Gasteiger partial charge in [-0.05, 0) is 25.0 Å². The zero-order chi connectivity index (χ0) is 14.8. The SMILES string of the molecule is N#Cc1cccc2c1nc(N)n2CCC(=O)N1CCCC1. The Balaban J connectivity index is 1.82. The van der Waals surface area contributed by atoms with E-state index in [1.165, 1.54) is 0 Å². The van der Waals surface area contributed by atoms with E-state index >= 15 is 0 Å². The number of hydrogen-bond donors (Lipinski definition) is 1. The molecular formula is C15H17N5O. The predicted molar refractivity (Wildman–Crippen MR) is 79.3 cm³/mol. The van der Waals surface area contributed by atoms with Gasteiger partial charge in [0.2, 0.25) is 11.9 Å². The zero-order valence-corrected chi connectivity index (χ0v) is 11.7. The topological polar surface area (TPSA) is 87.9 Å². The van der Waals surface area contributed by atoms with Gasteiger partial charge in [0.1, 0.15) is 11.6 Å². The van der Waals surface area contributed by atoms with Gasteiger partial charge in [0.15, 0.2) is 0 Å². The van der Waals surface area contributed by atoms with Crippen LogP contribution in [0.4, 0.5) is 5.95 Å². The number of aromatic nitrogens is 2. The average molecular weight is 283 g/mol. The molecule has 1 fully saturated rings. The standard InChI is InChI=1S/C15H17N5O/c16-10-11-4-3-5-12-14(11)18-15(17)20(12)9-6-13(21)19-7-1-2-8-19/h3-5H,1-2,6-9H2,(H2,17,18). The van der Waals surface area contributed by atoms with Gasteiger partial charge in [-0.3, -0.25) is 4.79 Å². The van der Waals surface area contributed by atoms with Crippen LogP contribution in [0.1, 0.15) is 24.8 Å². The smallest absolute Gasteiger partial charge is 0.224 e. The third kappa shape index (κ3) is 2.42. The molecule has 2 heterocycles. The number of nitrogens with zero attached hydrogens (tertiary/aromatic N) is 4. The Bertz CT molecular complexity index is 721. The molecule has 1 saturated heterocycles. The summed E-state index contributed by atoms with van der Waals surface area (Å²) in [5.74, 6) is 0.507. The fourth-order valence-electron chi connectivity index (χ4n) is 2.82. The number of hydrogen-bond acceptors (Lipinski definition) is 4. The summed E-state index contributed by atoms with van der Waals surface area (Å²) in [5, 5.41) is 9.10. The second kappa shape index (κ2) is 5.44. The van der Waals surface area contributed by atoms with Gasteiger partial charge >= 0.3 is 0 Å². The summed E-state index contributed by atoms with van der Waals surface area (Å²) in [6.07, 6.45) is 2.59. The van der Waals surface area contributed by atoms with Gasteiger partial charge in [-0.2, -0.15) is 5.26 Å². The Morgan fingerprint density at radius 2 is 2.14 bits per heavy atom. The molecule has 108 valence electrons. The molecule has 3 rings (SSSR count). The first-order valence-electron chi connectivity index (χ1n) is 7.13. The Kier molecular flexibility index (Phi) is 3.48. The van der Waals surface area contributed by atoms with Gasteiger partial charge in [0, 0.05) is 26.1 Å². The first kappa shape index (κ1) is 13.4. The number of carbonyl (C=O) groups excluding carboxylic acids is 1. The Labute approximate surface area is 122 Å². The van der Waals surface area contributed by atoms with Crippen molar-refractivity contribution in [2.24, 2.45) is 0 Å². The van der Waals surface area contributed by atoms with Gasteiger partial charge in [-0.15, -0.1) is 0 Å². The molecule has 0 radical (unpaired) electrons. The van der Waals surface area contributed by atoms with Crippen LogP contribution in [-0.2, 0) is 11.3 Å². The minimum absolute atomic E-state index is 0.158. The Morgan fingerprint density at radius 3 is 2.86 bits per heavy atom. The molecule has 0 aliphatic carbocycles. The summed E-state index contributed by atoms with van der Waals surface area (Å²) in [7, 11) is 0. The Hall–Kier alpha value is -2.55. The van der Waals surface area contributed by atoms with Crippen molar-refractivity contribution in [2.75, 3.05) is 18.8 Å². The largest absolute Gasteiger partial charge is 0.369 e. The molecule has 0 unspecified atom stereocenters. The molecule has 0 saturated carbocycles. The fraction of sp³-hybridized carbons (Fsp3) is 0.400. The highest BCUT2D eigenvalue weighted by molar-refractivity contribution is 5.84. The van der Waals surface area contributed by atoms with Crippen LogP contribution < -0.4 is 5.73 Å². The van der Waals surface area contributed by atoms with Crippen molar-refractivity contribution in [3.63, 3.8) is 0 Å². The van der Waals surface area contributed by atoms with E-state index in [4.69, 9.17) is 11.0 Å². The van der Waals surface area contributed by atoms with Gasteiger partial charge in [0.05, 0.1) is 11.1 Å². The normalized spacial score (nSPS) is 14.5. The maximum absolute atomic E-state index is 12.1. The van der Waals surface area contributed by atoms with E-state index in [1.807, 2.05) is 15.5 Å². The first-order valence-corrected chi connectivity index (χ1v) is 7.13. The molecule has 0 atom stereocenters. The second-order valence-electron chi connectivity index (χ2n) is 5.24. The summed E-state index contributed by atoms with van der Waals surface area (Å²) < 4.78 is 1.81. The molecule has 1 amide bonds. The number of aryl methyl sites for hydroxylation is 1. The van der Waals surface area contributed by atoms with E-state index in [1.54, 1.807) is 12.1 Å². The number of amides is 1. The molecule has 2 N–H and O–H groups in total. The third-order valence-electron chi connectivity index (χ3n) is 3.94. The molecule has 1 aromatic heterocycles. The quantitative estimate of drug-likeness (QED) is 0.924. The van der Waals surface area contributed by atoms with Crippen molar-refractivity contribution >= 4 is 22.9 Å². The number of nitriles is 1. The van der Waals surface area contributed by atoms with Crippen LogP contribution in [0.2, 0.25) is 0 Å². The van der Waals surface area contributed by atoms with Crippen LogP contribution in [-0.4, -0.2) is 33.4 Å². The average Bonchev–Trinajstić information content (AvgIpc) is 3.12. The highest BCUT2D eigenvalue weighted by atomic mass is 16.2. The van der Waals surface area contributed by atoms with Gasteiger partial charge in [-0.25, -0.2) is 4.98 Å². The maximum atomic E-state index is 12.1. The highest BCUT2D eigenvalue weighted by Crippen LogP contribution is 2.21. The maximum Gasteiger partial charge on any atom is 0.224 e. The second-order valence-corrected chi connectivity index (χ2v) is 5.24. The minimum atomic E-state index is 0.158. The van der Waals surface area contributed by atoms with Gasteiger partial charge < -0.3 is 15.2 Å². The molecule has 0 bridgehead atoms. The number of para-hydroxylation sites is 1. The lowest BCUT2D eigenvalue weighted by atomic mass is 10.2. The van der Waals surface area contributed by atoms with Crippen molar-refractivity contribution in [2.45, 2.75) is 25.8 Å². The molecule has 1 aromatic carbocycles. The number of likely N-dealkylation sites (tertiary alicyclic amines) is 1. The van der Waals surface area contributed by atoms with E-state index in [0.717, 1.165) is 31.4 Å². The number of carbonyl (C=O) groups is 1. The molecule has 1 aliphatic heterocycles. The number of anilines is 1. The summed E-state index contributed by atoms with van der Waals surface area (Å²) in [5.41, 5.74) is 7.85. The van der Waals surface area contributed by atoms with E-state index in [2.05, 4.69) is 11.1 Å². The number of rotatable bonds is 3. The summed E-state index contributed by atoms with van der Waals surface area (Å²) in [4.78, 5) is 18.3. The van der Waals surface area contributed by atoms with Gasteiger partial charge in [0.25, 0.3) is 0 Å². The third-order valence-corrected chi connectivity index (χ3v) is 3.94. The van der Waals surface area contributed by atoms with Crippen molar-refractivity contribution in [1.82, 2.24) is 14.5 Å². The van der Waals surface area contributed by atoms with E-state index < -0.39 is 0 Å². The first-order chi connectivity index (χ1) is 10.2. The predicted octanol–water partition coefficient (Wildman–Crippen LogP) is 1.50. The van der Waals surface area contributed by atoms with Crippen LogP contribution in [0.3, 0.4) is 0 Å². The lowest BCUT2D eigenvalue weighted by Crippen LogP contribution is -2.28. The molecule has 0 spiro atoms. The van der Waals surface area contributed by atoms with Crippen LogP contribution in [0, 0.1) is 11.3 Å². The fourth-order valence-corrected chi connectivity index (χ4v) is 2.82. The molecule has 1 aliphatic rings. The number of imidazole rings is 1. The monoisotopic (exact) mass is 283 g/mol. The number of nitrogen functional groups attached to an aromatic ring is 1. The van der Waals surface area contributed by atoms with Crippen molar-refractivity contribution in [3.8, 4) is 6.07 Å². The lowest BCUT2D eigenvalue weighted by molar-refractivity contribution is -0.130. The Morgan fingerprint density at radius 1 is 1.38 bits per heavy atom. The van der Waals surface area contributed by atoms with E-state index in [-0.39, 0.29) is 5.91 Å². The lowest BCUT2D eigenvalue weighted by Gasteiger charge is -2.15. The number of fused-ring (bicyclic) bond motifs is 1. The van der Waals surface area contributed by atoms with Crippen LogP contribution in [0.15, 0.2) is 18.2 Å². The van der Waals surface area contributed by atoms with Crippen molar-refractivity contribution in [3.05, 3.63) is 23.8 Å². The van der Waals surface area contributed by atoms with Crippen LogP contribution in [0.5, 0.6) is 0 Å². The van der Waals surface area contributed by atoms with Crippen molar-refractivity contribution < 1.29 is 4.79 Å². The highest BCUT2D eigenvalue weighted by Gasteiger charge is 2.18. The van der Waals surface area contributed by atoms with E-state index in [0.29, 0.717) is 30.0 Å². The van der Waals surface area contributed by atoms with Gasteiger partial charge in [-0.1, -0.05) is 6.07 Å².